The topological polar surface area (TPSA) is 137 Å². The van der Waals surface area contributed by atoms with E-state index in [0.29, 0.717) is 0 Å². The van der Waals surface area contributed by atoms with E-state index in [1.54, 1.807) is 0 Å². The number of nitrogens with one attached hydrogen (secondary N) is 1. The van der Waals surface area contributed by atoms with Crippen molar-refractivity contribution in [1.82, 2.24) is 5.32 Å². The van der Waals surface area contributed by atoms with Crippen LogP contribution in [0.2, 0.25) is 6.82 Å². The van der Waals surface area contributed by atoms with E-state index in [9.17, 15) is 46.7 Å². The molecule has 0 spiro atoms. The number of rotatable bonds is 12. The highest BCUT2D eigenvalue weighted by Crippen LogP contribution is 2.29. The predicted molar refractivity (Wildman–Crippen MR) is 112 cm³/mol. The van der Waals surface area contributed by atoms with Crippen LogP contribution in [-0.2, 0) is 14.3 Å². The predicted octanol–water partition coefficient (Wildman–Crippen LogP) is 1.48. The van der Waals surface area contributed by atoms with Gasteiger partial charge in [0.25, 0.3) is 11.6 Å². The van der Waals surface area contributed by atoms with Gasteiger partial charge < -0.3 is 24.6 Å². The van der Waals surface area contributed by atoms with Crippen LogP contribution in [0.4, 0.5) is 27.6 Å². The monoisotopic (exact) mass is 520 g/mol. The van der Waals surface area contributed by atoms with Crippen LogP contribution in [0.1, 0.15) is 10.4 Å². The number of carbonyl (C=O) groups is 2. The first-order valence-corrected chi connectivity index (χ1v) is 10.1. The van der Waals surface area contributed by atoms with Gasteiger partial charge in [0.1, 0.15) is 6.61 Å². The molecule has 194 valence electrons. The first kappa shape index (κ1) is 28.6. The van der Waals surface area contributed by atoms with Gasteiger partial charge in [-0.25, -0.2) is 18.0 Å². The van der Waals surface area contributed by atoms with Crippen molar-refractivity contribution >= 4 is 29.9 Å². The van der Waals surface area contributed by atoms with Crippen LogP contribution in [0.5, 0.6) is 5.75 Å². The van der Waals surface area contributed by atoms with Gasteiger partial charge in [0.15, 0.2) is 0 Å². The summed E-state index contributed by atoms with van der Waals surface area (Å²) in [6.45, 7) is -0.950. The molecule has 2 aromatic carbocycles. The quantitative estimate of drug-likeness (QED) is 0.0495. The van der Waals surface area contributed by atoms with Gasteiger partial charge in [-0.1, -0.05) is 12.9 Å². The molecule has 2 N–H and O–H groups in total. The number of esters is 1. The highest BCUT2D eigenvalue weighted by Gasteiger charge is 2.28. The SMILES string of the molecule is CB(O)c1cc(C(=O)NCCOCCOCC(=O)Oc2c(F)c(F)c(F)c(F)c2F)cc([N+](=O)[O-])c1. The zero-order valence-electron chi connectivity index (χ0n) is 18.5. The Bertz CT molecular complexity index is 1120. The van der Waals surface area contributed by atoms with Crippen molar-refractivity contribution in [3.63, 3.8) is 0 Å². The maximum Gasteiger partial charge on any atom is 0.337 e. The summed E-state index contributed by atoms with van der Waals surface area (Å²) in [5.41, 5.74) is -0.233. The van der Waals surface area contributed by atoms with E-state index in [-0.39, 0.29) is 43.1 Å². The molecule has 2 aromatic rings. The number of nitro benzene ring substituents is 1. The second-order valence-corrected chi connectivity index (χ2v) is 7.04. The average molecular weight is 520 g/mol. The van der Waals surface area contributed by atoms with Crippen molar-refractivity contribution in [2.75, 3.05) is 33.0 Å². The smallest absolute Gasteiger partial charge is 0.337 e. The summed E-state index contributed by atoms with van der Waals surface area (Å²) in [7, 11) is 0. The molecule has 36 heavy (non-hydrogen) atoms. The van der Waals surface area contributed by atoms with Crippen LogP contribution in [0, 0.1) is 39.2 Å². The lowest BCUT2D eigenvalue weighted by atomic mass is 9.64. The summed E-state index contributed by atoms with van der Waals surface area (Å²) in [5, 5.41) is 23.1. The minimum atomic E-state index is -2.40. The van der Waals surface area contributed by atoms with Gasteiger partial charge in [0.2, 0.25) is 34.8 Å². The number of non-ortho nitro benzene ring substituents is 1. The molecule has 0 aliphatic heterocycles. The molecule has 16 heteroatoms. The second kappa shape index (κ2) is 12.9. The number of nitrogens with zero attached hydrogens (tertiary/aromatic N) is 1. The Morgan fingerprint density at radius 1 is 0.972 bits per heavy atom. The molecule has 0 bridgehead atoms. The first-order valence-electron chi connectivity index (χ1n) is 10.1. The van der Waals surface area contributed by atoms with E-state index in [2.05, 4.69) is 10.1 Å². The molecule has 0 heterocycles. The van der Waals surface area contributed by atoms with Gasteiger partial charge >= 0.3 is 12.9 Å². The van der Waals surface area contributed by atoms with E-state index in [0.717, 1.165) is 12.1 Å². The zero-order valence-corrected chi connectivity index (χ0v) is 18.5. The largest absolute Gasteiger partial charge is 0.446 e. The summed E-state index contributed by atoms with van der Waals surface area (Å²) in [6, 6.07) is 3.48. The van der Waals surface area contributed by atoms with Gasteiger partial charge in [-0.05, 0) is 5.46 Å². The van der Waals surface area contributed by atoms with E-state index in [4.69, 9.17) is 9.47 Å². The Morgan fingerprint density at radius 3 is 2.14 bits per heavy atom. The second-order valence-electron chi connectivity index (χ2n) is 7.04. The van der Waals surface area contributed by atoms with Crippen LogP contribution in [-0.4, -0.2) is 61.7 Å². The fraction of sp³-hybridized carbons (Fsp3) is 0.300. The number of ether oxygens (including phenoxy) is 3. The zero-order chi connectivity index (χ0) is 27.0. The van der Waals surface area contributed by atoms with Gasteiger partial charge in [-0.3, -0.25) is 14.9 Å². The first-order chi connectivity index (χ1) is 16.9. The summed E-state index contributed by atoms with van der Waals surface area (Å²) in [6.07, 6.45) is 0. The molecular formula is C20H18BF5N2O8. The van der Waals surface area contributed by atoms with Gasteiger partial charge in [-0.2, -0.15) is 8.78 Å². The molecule has 0 unspecified atom stereocenters. The summed E-state index contributed by atoms with van der Waals surface area (Å²) >= 11 is 0. The molecule has 0 fully saturated rings. The highest BCUT2D eigenvalue weighted by molar-refractivity contribution is 6.65. The maximum absolute atomic E-state index is 13.5. The van der Waals surface area contributed by atoms with E-state index >= 15 is 0 Å². The Labute approximate surface area is 200 Å². The minimum Gasteiger partial charge on any atom is -0.446 e. The van der Waals surface area contributed by atoms with Gasteiger partial charge in [-0.15, -0.1) is 0 Å². The number of nitro groups is 1. The Kier molecular flexibility index (Phi) is 10.3. The third kappa shape index (κ3) is 7.43. The number of halogens is 5. The molecule has 0 atom stereocenters. The average Bonchev–Trinajstić information content (AvgIpc) is 2.85. The van der Waals surface area contributed by atoms with Crippen LogP contribution in [0.3, 0.4) is 0 Å². The number of amides is 1. The van der Waals surface area contributed by atoms with Gasteiger partial charge in [0, 0.05) is 24.2 Å². The number of carbonyl (C=O) groups excluding carboxylic acids is 2. The Balaban J connectivity index is 1.71. The lowest BCUT2D eigenvalue weighted by molar-refractivity contribution is -0.384. The number of hydrogen-bond acceptors (Lipinski definition) is 8. The van der Waals surface area contributed by atoms with Crippen LogP contribution >= 0.6 is 0 Å². The van der Waals surface area contributed by atoms with Crippen molar-refractivity contribution in [2.45, 2.75) is 6.82 Å². The summed E-state index contributed by atoms with van der Waals surface area (Å²) < 4.78 is 80.2. The third-order valence-corrected chi connectivity index (χ3v) is 4.40. The molecule has 0 aromatic heterocycles. The lowest BCUT2D eigenvalue weighted by Crippen LogP contribution is -2.31. The lowest BCUT2D eigenvalue weighted by Gasteiger charge is -2.10. The molecule has 2 rings (SSSR count). The van der Waals surface area contributed by atoms with E-state index in [1.807, 2.05) is 0 Å². The fourth-order valence-electron chi connectivity index (χ4n) is 2.64. The molecule has 0 saturated carbocycles. The maximum atomic E-state index is 13.5. The van der Waals surface area contributed by atoms with Crippen molar-refractivity contribution in [3.8, 4) is 5.75 Å². The minimum absolute atomic E-state index is 0.0200. The summed E-state index contributed by atoms with van der Waals surface area (Å²) in [5.74, 6) is -15.4. The third-order valence-electron chi connectivity index (χ3n) is 4.40. The van der Waals surface area contributed by atoms with Crippen LogP contribution < -0.4 is 15.5 Å². The normalized spacial score (nSPS) is 10.8. The number of benzene rings is 2. The van der Waals surface area contributed by atoms with Crippen molar-refractivity contribution in [2.24, 2.45) is 0 Å². The fourth-order valence-corrected chi connectivity index (χ4v) is 2.64. The molecule has 0 saturated heterocycles. The van der Waals surface area contributed by atoms with Crippen molar-refractivity contribution in [3.05, 3.63) is 63.0 Å². The Morgan fingerprint density at radius 2 is 1.56 bits per heavy atom. The molecule has 0 aliphatic carbocycles. The molecule has 0 aliphatic rings. The van der Waals surface area contributed by atoms with E-state index in [1.165, 1.54) is 12.9 Å². The molecule has 0 radical (unpaired) electrons. The molecule has 1 amide bonds. The summed E-state index contributed by atoms with van der Waals surface area (Å²) in [4.78, 5) is 34.0. The Hall–Kier alpha value is -3.63. The van der Waals surface area contributed by atoms with Crippen LogP contribution in [0.15, 0.2) is 18.2 Å². The van der Waals surface area contributed by atoms with Gasteiger partial charge in [0.05, 0.1) is 24.7 Å². The standard InChI is InChI=1S/C20H18BF5N2O8/c1-21(31)11-6-10(7-12(8-11)28(32)33)20(30)27-2-3-34-4-5-35-9-13(29)36-19-17(25)15(23)14(22)16(24)18(19)26/h6-8,31H,2-5,9H2,1H3,(H,27,30). The highest BCUT2D eigenvalue weighted by atomic mass is 19.2. The molecular weight excluding hydrogens is 502 g/mol. The van der Waals surface area contributed by atoms with Crippen LogP contribution in [0.25, 0.3) is 0 Å². The molecule has 10 nitrogen and oxygen atoms in total. The van der Waals surface area contributed by atoms with E-state index < -0.39 is 65.2 Å². The number of hydrogen-bond donors (Lipinski definition) is 2. The van der Waals surface area contributed by atoms with Crippen molar-refractivity contribution in [1.29, 1.82) is 0 Å². The van der Waals surface area contributed by atoms with Crippen molar-refractivity contribution < 1.29 is 55.7 Å².